The number of nitrogens with zero attached hydrogens (tertiary/aromatic N) is 3. The molecule has 0 aliphatic heterocycles. The van der Waals surface area contributed by atoms with E-state index in [0.29, 0.717) is 11.8 Å². The number of hydrogen-bond donors (Lipinski definition) is 0. The van der Waals surface area contributed by atoms with E-state index in [-0.39, 0.29) is 0 Å². The molecule has 0 saturated heterocycles. The molecule has 0 radical (unpaired) electrons. The number of aromatic nitrogens is 2. The van der Waals surface area contributed by atoms with Crippen molar-refractivity contribution in [3.63, 3.8) is 0 Å². The van der Waals surface area contributed by atoms with Crippen LogP contribution in [0.4, 0.5) is 0 Å². The average Bonchev–Trinajstić information content (AvgIpc) is 3.05. The largest absolute Gasteiger partial charge is 0.497 e. The third-order valence-corrected chi connectivity index (χ3v) is 5.11. The summed E-state index contributed by atoms with van der Waals surface area (Å²) in [4.78, 5) is 2.56. The lowest BCUT2D eigenvalue weighted by Crippen LogP contribution is -2.32. The third-order valence-electron chi connectivity index (χ3n) is 5.11. The van der Waals surface area contributed by atoms with Crippen LogP contribution in [0.25, 0.3) is 10.9 Å². The number of rotatable bonds is 12. The van der Waals surface area contributed by atoms with E-state index in [1.54, 1.807) is 14.2 Å². The van der Waals surface area contributed by atoms with Gasteiger partial charge in [-0.25, -0.2) is 0 Å². The molecular weight excluding hydrogens is 326 g/mol. The van der Waals surface area contributed by atoms with E-state index in [9.17, 15) is 0 Å². The maximum absolute atomic E-state index is 5.36. The standard InChI is InChI=1S/C21H35N3O2/c1-6-23(11-9-17(2)10-12-25-4)15-18(3)16-24-21-13-20(26-5)8-7-19(21)14-22-24/h7-8,13-14,17-18H,6,9-12,15-16H2,1-5H3/t17-,18+/m0/s1. The van der Waals surface area contributed by atoms with Gasteiger partial charge in [0.2, 0.25) is 0 Å². The molecular formula is C21H35N3O2. The van der Waals surface area contributed by atoms with Gasteiger partial charge in [-0.05, 0) is 49.9 Å². The minimum Gasteiger partial charge on any atom is -0.497 e. The minimum atomic E-state index is 0.540. The molecule has 1 heterocycles. The zero-order valence-electron chi connectivity index (χ0n) is 17.1. The first-order valence-corrected chi connectivity index (χ1v) is 9.78. The summed E-state index contributed by atoms with van der Waals surface area (Å²) in [5.74, 6) is 2.13. The summed E-state index contributed by atoms with van der Waals surface area (Å²) in [6, 6.07) is 6.13. The van der Waals surface area contributed by atoms with Crippen LogP contribution in [0.5, 0.6) is 5.75 Å². The third kappa shape index (κ3) is 5.99. The van der Waals surface area contributed by atoms with Crippen molar-refractivity contribution in [2.75, 3.05) is 40.5 Å². The van der Waals surface area contributed by atoms with Crippen molar-refractivity contribution in [2.24, 2.45) is 11.8 Å². The Hall–Kier alpha value is -1.59. The number of ether oxygens (including phenoxy) is 2. The summed E-state index contributed by atoms with van der Waals surface area (Å²) in [5, 5.41) is 5.74. The van der Waals surface area contributed by atoms with Crippen molar-refractivity contribution < 1.29 is 9.47 Å². The van der Waals surface area contributed by atoms with E-state index in [0.717, 1.165) is 55.9 Å². The molecule has 0 aliphatic rings. The van der Waals surface area contributed by atoms with Crippen molar-refractivity contribution in [1.82, 2.24) is 14.7 Å². The summed E-state index contributed by atoms with van der Waals surface area (Å²) in [6.07, 6.45) is 4.31. The first-order valence-electron chi connectivity index (χ1n) is 9.78. The molecule has 0 fully saturated rings. The van der Waals surface area contributed by atoms with Gasteiger partial charge >= 0.3 is 0 Å². The fraction of sp³-hybridized carbons (Fsp3) is 0.667. The Morgan fingerprint density at radius 1 is 1.15 bits per heavy atom. The van der Waals surface area contributed by atoms with Gasteiger partial charge in [-0.2, -0.15) is 5.10 Å². The molecule has 0 aliphatic carbocycles. The fourth-order valence-corrected chi connectivity index (χ4v) is 3.36. The average molecular weight is 362 g/mol. The van der Waals surface area contributed by atoms with E-state index in [2.05, 4.69) is 47.6 Å². The van der Waals surface area contributed by atoms with Crippen molar-refractivity contribution in [3.05, 3.63) is 24.4 Å². The van der Waals surface area contributed by atoms with Crippen molar-refractivity contribution in [3.8, 4) is 5.75 Å². The number of benzene rings is 1. The Morgan fingerprint density at radius 2 is 1.96 bits per heavy atom. The Morgan fingerprint density at radius 3 is 2.65 bits per heavy atom. The molecule has 0 saturated carbocycles. The van der Waals surface area contributed by atoms with Gasteiger partial charge in [-0.3, -0.25) is 4.68 Å². The fourth-order valence-electron chi connectivity index (χ4n) is 3.36. The highest BCUT2D eigenvalue weighted by Crippen LogP contribution is 2.21. The first-order chi connectivity index (χ1) is 12.6. The van der Waals surface area contributed by atoms with Gasteiger partial charge in [0.15, 0.2) is 0 Å². The van der Waals surface area contributed by atoms with Crippen molar-refractivity contribution in [2.45, 2.75) is 40.2 Å². The maximum Gasteiger partial charge on any atom is 0.121 e. The topological polar surface area (TPSA) is 39.5 Å². The lowest BCUT2D eigenvalue weighted by Gasteiger charge is -2.25. The highest BCUT2D eigenvalue weighted by Gasteiger charge is 2.13. The van der Waals surface area contributed by atoms with Gasteiger partial charge in [-0.15, -0.1) is 0 Å². The predicted octanol–water partition coefficient (Wildman–Crippen LogP) is 4.07. The number of hydrogen-bond acceptors (Lipinski definition) is 4. The molecule has 5 nitrogen and oxygen atoms in total. The Kier molecular flexibility index (Phi) is 8.39. The predicted molar refractivity (Wildman–Crippen MR) is 108 cm³/mol. The van der Waals surface area contributed by atoms with Crippen LogP contribution in [0.1, 0.15) is 33.6 Å². The Balaban J connectivity index is 1.89. The van der Waals surface area contributed by atoms with E-state index in [4.69, 9.17) is 9.47 Å². The second kappa shape index (κ2) is 10.5. The van der Waals surface area contributed by atoms with Gasteiger partial charge in [0.05, 0.1) is 18.8 Å². The summed E-state index contributed by atoms with van der Waals surface area (Å²) in [5.41, 5.74) is 1.15. The quantitative estimate of drug-likeness (QED) is 0.571. The maximum atomic E-state index is 5.36. The second-order valence-corrected chi connectivity index (χ2v) is 7.43. The van der Waals surface area contributed by atoms with Crippen LogP contribution in [0.2, 0.25) is 0 Å². The lowest BCUT2D eigenvalue weighted by atomic mass is 10.0. The van der Waals surface area contributed by atoms with Crippen LogP contribution >= 0.6 is 0 Å². The monoisotopic (exact) mass is 361 g/mol. The van der Waals surface area contributed by atoms with Crippen LogP contribution in [-0.2, 0) is 11.3 Å². The zero-order chi connectivity index (χ0) is 18.9. The van der Waals surface area contributed by atoms with Gasteiger partial charge in [0.1, 0.15) is 5.75 Å². The smallest absolute Gasteiger partial charge is 0.121 e. The summed E-state index contributed by atoms with van der Waals surface area (Å²) in [7, 11) is 3.48. The van der Waals surface area contributed by atoms with E-state index in [1.807, 2.05) is 12.3 Å². The number of methoxy groups -OCH3 is 2. The SMILES string of the molecule is CCN(CC[C@H](C)CCOC)C[C@@H](C)Cn1ncc2ccc(OC)cc21. The van der Waals surface area contributed by atoms with Gasteiger partial charge in [0, 0.05) is 38.3 Å². The molecule has 1 aromatic heterocycles. The van der Waals surface area contributed by atoms with Crippen LogP contribution in [0.3, 0.4) is 0 Å². The Labute approximate surface area is 158 Å². The minimum absolute atomic E-state index is 0.540. The van der Waals surface area contributed by atoms with Gasteiger partial charge < -0.3 is 14.4 Å². The molecule has 0 N–H and O–H groups in total. The van der Waals surface area contributed by atoms with Crippen LogP contribution in [-0.4, -0.2) is 55.1 Å². The number of fused-ring (bicyclic) bond motifs is 1. The molecule has 2 atom stereocenters. The molecule has 2 rings (SSSR count). The molecule has 1 aromatic carbocycles. The molecule has 2 aromatic rings. The molecule has 0 bridgehead atoms. The van der Waals surface area contributed by atoms with Crippen molar-refractivity contribution >= 4 is 10.9 Å². The highest BCUT2D eigenvalue weighted by atomic mass is 16.5. The molecule has 0 spiro atoms. The van der Waals surface area contributed by atoms with E-state index < -0.39 is 0 Å². The van der Waals surface area contributed by atoms with E-state index >= 15 is 0 Å². The summed E-state index contributed by atoms with van der Waals surface area (Å²) in [6.45, 7) is 12.0. The summed E-state index contributed by atoms with van der Waals surface area (Å²) < 4.78 is 12.7. The first kappa shape index (κ1) is 20.7. The van der Waals surface area contributed by atoms with Gasteiger partial charge in [-0.1, -0.05) is 20.8 Å². The normalized spacial score (nSPS) is 14.1. The zero-order valence-corrected chi connectivity index (χ0v) is 17.1. The van der Waals surface area contributed by atoms with Crippen LogP contribution < -0.4 is 4.74 Å². The van der Waals surface area contributed by atoms with Crippen LogP contribution in [0.15, 0.2) is 24.4 Å². The Bertz CT molecular complexity index is 656. The molecule has 26 heavy (non-hydrogen) atoms. The molecule has 5 heteroatoms. The molecule has 0 amide bonds. The lowest BCUT2D eigenvalue weighted by molar-refractivity contribution is 0.169. The van der Waals surface area contributed by atoms with Crippen molar-refractivity contribution in [1.29, 1.82) is 0 Å². The second-order valence-electron chi connectivity index (χ2n) is 7.43. The summed E-state index contributed by atoms with van der Waals surface area (Å²) >= 11 is 0. The van der Waals surface area contributed by atoms with Gasteiger partial charge in [0.25, 0.3) is 0 Å². The van der Waals surface area contributed by atoms with Crippen LogP contribution in [0, 0.1) is 11.8 Å². The molecule has 146 valence electrons. The van der Waals surface area contributed by atoms with E-state index in [1.165, 1.54) is 6.42 Å². The highest BCUT2D eigenvalue weighted by molar-refractivity contribution is 5.80. The molecule has 0 unspecified atom stereocenters.